The zero-order chi connectivity index (χ0) is 13.5. The van der Waals surface area contributed by atoms with Gasteiger partial charge in [-0.2, -0.15) is 0 Å². The number of rotatable bonds is 6. The molecule has 0 aliphatic carbocycles. The van der Waals surface area contributed by atoms with E-state index in [1.54, 1.807) is 12.1 Å². The molecule has 0 aliphatic heterocycles. The number of nitrogens with one attached hydrogen (secondary N) is 2. The van der Waals surface area contributed by atoms with Gasteiger partial charge in [-0.3, -0.25) is 4.79 Å². The molecule has 0 aliphatic rings. The number of benzene rings is 1. The molecular weight excluding hydrogens is 226 g/mol. The normalized spacial score (nSPS) is 11.9. The maximum atomic E-state index is 11.7. The van der Waals surface area contributed by atoms with Gasteiger partial charge in [-0.15, -0.1) is 0 Å². The van der Waals surface area contributed by atoms with Gasteiger partial charge in [0, 0.05) is 18.7 Å². The van der Waals surface area contributed by atoms with Crippen molar-refractivity contribution in [1.29, 1.82) is 0 Å². The van der Waals surface area contributed by atoms with Crippen molar-refractivity contribution in [2.75, 3.05) is 24.1 Å². The average molecular weight is 249 g/mol. The van der Waals surface area contributed by atoms with E-state index < -0.39 is 0 Å². The van der Waals surface area contributed by atoms with Crippen molar-refractivity contribution in [3.05, 3.63) is 23.8 Å². The summed E-state index contributed by atoms with van der Waals surface area (Å²) in [6.45, 7) is 7.72. The fourth-order valence-corrected chi connectivity index (χ4v) is 1.54. The third-order valence-electron chi connectivity index (χ3n) is 2.99. The van der Waals surface area contributed by atoms with Gasteiger partial charge in [0.1, 0.15) is 0 Å². The summed E-state index contributed by atoms with van der Waals surface area (Å²) < 4.78 is 0. The summed E-state index contributed by atoms with van der Waals surface area (Å²) in [5.41, 5.74) is 8.04. The molecule has 100 valence electrons. The molecule has 0 saturated carbocycles. The number of amides is 1. The largest absolute Gasteiger partial charge is 0.397 e. The average Bonchev–Trinajstić information content (AvgIpc) is 2.37. The lowest BCUT2D eigenvalue weighted by molar-refractivity contribution is 0.0956. The van der Waals surface area contributed by atoms with Gasteiger partial charge in [-0.05, 0) is 31.0 Å². The van der Waals surface area contributed by atoms with E-state index in [9.17, 15) is 4.79 Å². The number of hydrogen-bond donors (Lipinski definition) is 3. The number of anilines is 2. The first-order valence-electron chi connectivity index (χ1n) is 6.50. The highest BCUT2D eigenvalue weighted by atomic mass is 16.1. The minimum Gasteiger partial charge on any atom is -0.397 e. The highest BCUT2D eigenvalue weighted by Gasteiger charge is 2.08. The van der Waals surface area contributed by atoms with Crippen molar-refractivity contribution in [3.8, 4) is 0 Å². The summed E-state index contributed by atoms with van der Waals surface area (Å²) in [6.07, 6.45) is 1.11. The van der Waals surface area contributed by atoms with E-state index in [-0.39, 0.29) is 5.91 Å². The van der Waals surface area contributed by atoms with Crippen LogP contribution in [0.2, 0.25) is 0 Å². The van der Waals surface area contributed by atoms with Gasteiger partial charge in [-0.25, -0.2) is 0 Å². The summed E-state index contributed by atoms with van der Waals surface area (Å²) in [5, 5.41) is 6.07. The number of nitrogen functional groups attached to an aromatic ring is 1. The fourth-order valence-electron chi connectivity index (χ4n) is 1.54. The van der Waals surface area contributed by atoms with Crippen molar-refractivity contribution in [3.63, 3.8) is 0 Å². The van der Waals surface area contributed by atoms with Crippen LogP contribution >= 0.6 is 0 Å². The van der Waals surface area contributed by atoms with Crippen LogP contribution in [0.1, 0.15) is 37.6 Å². The molecule has 4 nitrogen and oxygen atoms in total. The van der Waals surface area contributed by atoms with Gasteiger partial charge in [0.25, 0.3) is 5.91 Å². The number of nitrogens with two attached hydrogens (primary N) is 1. The maximum absolute atomic E-state index is 11.7. The molecule has 1 atom stereocenters. The Kier molecular flexibility index (Phi) is 5.49. The lowest BCUT2D eigenvalue weighted by Crippen LogP contribution is -2.23. The molecule has 0 bridgehead atoms. The standard InChI is InChI=1S/C14H23N3O/c1-4-10(3)9-17-13-8-11(6-7-12(13)15)14(18)16-5-2/h6-8,10,17H,4-5,9,15H2,1-3H3,(H,16,18). The van der Waals surface area contributed by atoms with Crippen molar-refractivity contribution < 1.29 is 4.79 Å². The first kappa shape index (κ1) is 14.4. The van der Waals surface area contributed by atoms with E-state index in [1.807, 2.05) is 13.0 Å². The Morgan fingerprint density at radius 1 is 1.39 bits per heavy atom. The quantitative estimate of drug-likeness (QED) is 0.678. The van der Waals surface area contributed by atoms with Crippen molar-refractivity contribution >= 4 is 17.3 Å². The highest BCUT2D eigenvalue weighted by molar-refractivity contribution is 5.96. The molecule has 1 aromatic rings. The number of carbonyl (C=O) groups excluding carboxylic acids is 1. The fraction of sp³-hybridized carbons (Fsp3) is 0.500. The maximum Gasteiger partial charge on any atom is 0.251 e. The smallest absolute Gasteiger partial charge is 0.251 e. The minimum atomic E-state index is -0.0657. The Balaban J connectivity index is 2.78. The van der Waals surface area contributed by atoms with Gasteiger partial charge >= 0.3 is 0 Å². The Bertz CT molecular complexity index is 404. The molecule has 1 unspecified atom stereocenters. The lowest BCUT2D eigenvalue weighted by atomic mass is 10.1. The molecule has 0 aromatic heterocycles. The second-order valence-corrected chi connectivity index (χ2v) is 4.56. The lowest BCUT2D eigenvalue weighted by Gasteiger charge is -2.14. The van der Waals surface area contributed by atoms with Crippen LogP contribution in [0.15, 0.2) is 18.2 Å². The number of hydrogen-bond acceptors (Lipinski definition) is 3. The first-order valence-corrected chi connectivity index (χ1v) is 6.50. The van der Waals surface area contributed by atoms with E-state index in [2.05, 4.69) is 24.5 Å². The molecule has 4 heteroatoms. The molecule has 1 amide bonds. The van der Waals surface area contributed by atoms with Gasteiger partial charge < -0.3 is 16.4 Å². The van der Waals surface area contributed by atoms with E-state index in [0.717, 1.165) is 18.7 Å². The van der Waals surface area contributed by atoms with Crippen LogP contribution in [-0.4, -0.2) is 19.0 Å². The molecule has 1 rings (SSSR count). The molecule has 0 radical (unpaired) electrons. The Morgan fingerprint density at radius 3 is 2.72 bits per heavy atom. The summed E-state index contributed by atoms with van der Waals surface area (Å²) in [6, 6.07) is 5.32. The van der Waals surface area contributed by atoms with Gasteiger partial charge in [-0.1, -0.05) is 20.3 Å². The Morgan fingerprint density at radius 2 is 2.11 bits per heavy atom. The van der Waals surface area contributed by atoms with Crippen molar-refractivity contribution in [2.45, 2.75) is 27.2 Å². The molecule has 0 spiro atoms. The minimum absolute atomic E-state index is 0.0657. The third kappa shape index (κ3) is 3.95. The monoisotopic (exact) mass is 249 g/mol. The van der Waals surface area contributed by atoms with E-state index >= 15 is 0 Å². The van der Waals surface area contributed by atoms with Crippen molar-refractivity contribution in [2.24, 2.45) is 5.92 Å². The summed E-state index contributed by atoms with van der Waals surface area (Å²) in [5.74, 6) is 0.515. The highest BCUT2D eigenvalue weighted by Crippen LogP contribution is 2.20. The van der Waals surface area contributed by atoms with Crippen LogP contribution in [0.4, 0.5) is 11.4 Å². The number of carbonyl (C=O) groups is 1. The van der Waals surface area contributed by atoms with Crippen LogP contribution in [0, 0.1) is 5.92 Å². The second kappa shape index (κ2) is 6.89. The Hall–Kier alpha value is -1.71. The van der Waals surface area contributed by atoms with Gasteiger partial charge in [0.05, 0.1) is 11.4 Å². The molecule has 18 heavy (non-hydrogen) atoms. The van der Waals surface area contributed by atoms with Crippen LogP contribution < -0.4 is 16.4 Å². The predicted molar refractivity (Wildman–Crippen MR) is 76.8 cm³/mol. The zero-order valence-corrected chi connectivity index (χ0v) is 11.4. The molecular formula is C14H23N3O. The summed E-state index contributed by atoms with van der Waals surface area (Å²) in [4.78, 5) is 11.7. The predicted octanol–water partition coefficient (Wildman–Crippen LogP) is 2.48. The van der Waals surface area contributed by atoms with E-state index in [4.69, 9.17) is 5.73 Å². The van der Waals surface area contributed by atoms with E-state index in [1.165, 1.54) is 0 Å². The SMILES string of the molecule is CCNC(=O)c1ccc(N)c(NCC(C)CC)c1. The Labute approximate surface area is 109 Å². The van der Waals surface area contributed by atoms with Crippen LogP contribution in [0.5, 0.6) is 0 Å². The summed E-state index contributed by atoms with van der Waals surface area (Å²) >= 11 is 0. The molecule has 0 heterocycles. The molecule has 1 aromatic carbocycles. The molecule has 4 N–H and O–H groups in total. The third-order valence-corrected chi connectivity index (χ3v) is 2.99. The second-order valence-electron chi connectivity index (χ2n) is 4.56. The van der Waals surface area contributed by atoms with Crippen LogP contribution in [0.25, 0.3) is 0 Å². The van der Waals surface area contributed by atoms with Crippen molar-refractivity contribution in [1.82, 2.24) is 5.32 Å². The van der Waals surface area contributed by atoms with E-state index in [0.29, 0.717) is 23.7 Å². The van der Waals surface area contributed by atoms with Gasteiger partial charge in [0.15, 0.2) is 0 Å². The molecule has 0 fully saturated rings. The van der Waals surface area contributed by atoms with Crippen LogP contribution in [-0.2, 0) is 0 Å². The zero-order valence-electron chi connectivity index (χ0n) is 11.4. The van der Waals surface area contributed by atoms with Gasteiger partial charge in [0.2, 0.25) is 0 Å². The van der Waals surface area contributed by atoms with Crippen LogP contribution in [0.3, 0.4) is 0 Å². The first-order chi connectivity index (χ1) is 8.58. The molecule has 0 saturated heterocycles. The summed E-state index contributed by atoms with van der Waals surface area (Å²) in [7, 11) is 0. The topological polar surface area (TPSA) is 67.2 Å².